The van der Waals surface area contributed by atoms with E-state index in [1.165, 1.54) is 12.1 Å². The zero-order chi connectivity index (χ0) is 13.8. The fourth-order valence-electron chi connectivity index (χ4n) is 2.52. The third kappa shape index (κ3) is 3.28. The SMILES string of the molecule is Brc1cncc(N2CCC(CNc3ccccn3)C2)c1. The molecule has 3 rings (SSSR count). The number of aromatic nitrogens is 2. The molecule has 1 unspecified atom stereocenters. The van der Waals surface area contributed by atoms with E-state index >= 15 is 0 Å². The van der Waals surface area contributed by atoms with Gasteiger partial charge in [-0.25, -0.2) is 4.98 Å². The molecule has 0 aliphatic carbocycles. The van der Waals surface area contributed by atoms with Gasteiger partial charge in [-0.2, -0.15) is 0 Å². The summed E-state index contributed by atoms with van der Waals surface area (Å²) in [5, 5.41) is 3.41. The minimum absolute atomic E-state index is 0.649. The Kier molecular flexibility index (Phi) is 4.16. The minimum Gasteiger partial charge on any atom is -0.370 e. The zero-order valence-corrected chi connectivity index (χ0v) is 12.8. The van der Waals surface area contributed by atoms with Gasteiger partial charge in [0.25, 0.3) is 0 Å². The lowest BCUT2D eigenvalue weighted by Gasteiger charge is -2.18. The van der Waals surface area contributed by atoms with Gasteiger partial charge in [-0.15, -0.1) is 0 Å². The normalized spacial score (nSPS) is 18.2. The van der Waals surface area contributed by atoms with Crippen LogP contribution in [0.2, 0.25) is 0 Å². The molecule has 104 valence electrons. The molecule has 1 fully saturated rings. The maximum absolute atomic E-state index is 4.29. The summed E-state index contributed by atoms with van der Waals surface area (Å²) in [5.74, 6) is 1.60. The Bertz CT molecular complexity index is 561. The van der Waals surface area contributed by atoms with Crippen LogP contribution < -0.4 is 10.2 Å². The van der Waals surface area contributed by atoms with Crippen LogP contribution in [-0.4, -0.2) is 29.6 Å². The Morgan fingerprint density at radius 1 is 1.35 bits per heavy atom. The Labute approximate surface area is 127 Å². The first-order valence-electron chi connectivity index (χ1n) is 6.81. The van der Waals surface area contributed by atoms with E-state index in [1.807, 2.05) is 36.8 Å². The first-order valence-corrected chi connectivity index (χ1v) is 7.61. The van der Waals surface area contributed by atoms with Crippen molar-refractivity contribution in [3.8, 4) is 0 Å². The lowest BCUT2D eigenvalue weighted by Crippen LogP contribution is -2.22. The van der Waals surface area contributed by atoms with E-state index in [4.69, 9.17) is 0 Å². The summed E-state index contributed by atoms with van der Waals surface area (Å²) in [6, 6.07) is 8.07. The molecule has 0 saturated carbocycles. The second kappa shape index (κ2) is 6.22. The molecular weight excluding hydrogens is 316 g/mol. The van der Waals surface area contributed by atoms with Gasteiger partial charge in [0.1, 0.15) is 5.82 Å². The van der Waals surface area contributed by atoms with Crippen LogP contribution in [0.5, 0.6) is 0 Å². The van der Waals surface area contributed by atoms with Gasteiger partial charge in [-0.3, -0.25) is 4.98 Å². The van der Waals surface area contributed by atoms with Crippen LogP contribution >= 0.6 is 15.9 Å². The Morgan fingerprint density at radius 2 is 2.30 bits per heavy atom. The number of hydrogen-bond donors (Lipinski definition) is 1. The first-order chi connectivity index (χ1) is 9.81. The van der Waals surface area contributed by atoms with Gasteiger partial charge >= 0.3 is 0 Å². The van der Waals surface area contributed by atoms with E-state index in [0.717, 1.165) is 29.9 Å². The summed E-state index contributed by atoms with van der Waals surface area (Å²) in [5.41, 5.74) is 1.19. The highest BCUT2D eigenvalue weighted by atomic mass is 79.9. The van der Waals surface area contributed by atoms with Crippen LogP contribution in [0.25, 0.3) is 0 Å². The second-order valence-electron chi connectivity index (χ2n) is 5.06. The van der Waals surface area contributed by atoms with Gasteiger partial charge in [0, 0.05) is 36.5 Å². The molecule has 1 aliphatic heterocycles. The predicted octanol–water partition coefficient (Wildman–Crippen LogP) is 3.18. The molecule has 20 heavy (non-hydrogen) atoms. The third-order valence-electron chi connectivity index (χ3n) is 3.58. The van der Waals surface area contributed by atoms with Crippen molar-refractivity contribution in [2.45, 2.75) is 6.42 Å². The van der Waals surface area contributed by atoms with E-state index in [-0.39, 0.29) is 0 Å². The molecule has 0 bridgehead atoms. The van der Waals surface area contributed by atoms with Gasteiger partial charge in [0.2, 0.25) is 0 Å². The molecule has 4 nitrogen and oxygen atoms in total. The number of rotatable bonds is 4. The summed E-state index contributed by atoms with van der Waals surface area (Å²) in [6.45, 7) is 3.12. The highest BCUT2D eigenvalue weighted by Gasteiger charge is 2.22. The number of pyridine rings is 2. The first kappa shape index (κ1) is 13.4. The van der Waals surface area contributed by atoms with Crippen molar-refractivity contribution in [3.05, 3.63) is 47.3 Å². The second-order valence-corrected chi connectivity index (χ2v) is 5.97. The summed E-state index contributed by atoms with van der Waals surface area (Å²) < 4.78 is 1.03. The van der Waals surface area contributed by atoms with Gasteiger partial charge in [-0.05, 0) is 46.5 Å². The summed E-state index contributed by atoms with van der Waals surface area (Å²) in [6.07, 6.45) is 6.77. The molecule has 3 heterocycles. The van der Waals surface area contributed by atoms with Crippen molar-refractivity contribution >= 4 is 27.4 Å². The predicted molar refractivity (Wildman–Crippen MR) is 85.0 cm³/mol. The molecule has 2 aromatic heterocycles. The molecule has 0 spiro atoms. The average Bonchev–Trinajstić information content (AvgIpc) is 2.95. The number of nitrogens with zero attached hydrogens (tertiary/aromatic N) is 3. The number of nitrogens with one attached hydrogen (secondary N) is 1. The topological polar surface area (TPSA) is 41.1 Å². The van der Waals surface area contributed by atoms with E-state index in [1.54, 1.807) is 0 Å². The molecule has 0 aromatic carbocycles. The van der Waals surface area contributed by atoms with Crippen LogP contribution in [-0.2, 0) is 0 Å². The Hall–Kier alpha value is -1.62. The lowest BCUT2D eigenvalue weighted by molar-refractivity contribution is 0.621. The van der Waals surface area contributed by atoms with Crippen molar-refractivity contribution in [1.29, 1.82) is 0 Å². The molecule has 1 aliphatic rings. The number of anilines is 2. The molecule has 2 aromatic rings. The van der Waals surface area contributed by atoms with Gasteiger partial charge in [0.05, 0.1) is 11.9 Å². The zero-order valence-electron chi connectivity index (χ0n) is 11.2. The van der Waals surface area contributed by atoms with Crippen LogP contribution in [0.1, 0.15) is 6.42 Å². The smallest absolute Gasteiger partial charge is 0.125 e. The molecule has 5 heteroatoms. The monoisotopic (exact) mass is 332 g/mol. The van der Waals surface area contributed by atoms with Crippen molar-refractivity contribution in [2.24, 2.45) is 5.92 Å². The highest BCUT2D eigenvalue weighted by molar-refractivity contribution is 9.10. The summed E-state index contributed by atoms with van der Waals surface area (Å²) >= 11 is 3.48. The maximum Gasteiger partial charge on any atom is 0.125 e. The fraction of sp³-hybridized carbons (Fsp3) is 0.333. The largest absolute Gasteiger partial charge is 0.370 e. The summed E-state index contributed by atoms with van der Waals surface area (Å²) in [4.78, 5) is 10.9. The van der Waals surface area contributed by atoms with Gasteiger partial charge in [0.15, 0.2) is 0 Å². The van der Waals surface area contributed by atoms with Crippen LogP contribution in [0, 0.1) is 5.92 Å². The van der Waals surface area contributed by atoms with Crippen LogP contribution in [0.15, 0.2) is 47.3 Å². The van der Waals surface area contributed by atoms with Gasteiger partial charge in [-0.1, -0.05) is 6.07 Å². The Morgan fingerprint density at radius 3 is 3.10 bits per heavy atom. The number of halogens is 1. The Balaban J connectivity index is 1.55. The fourth-order valence-corrected chi connectivity index (χ4v) is 2.88. The highest BCUT2D eigenvalue weighted by Crippen LogP contribution is 2.25. The minimum atomic E-state index is 0.649. The molecule has 1 saturated heterocycles. The maximum atomic E-state index is 4.29. The molecule has 0 radical (unpaired) electrons. The van der Waals surface area contributed by atoms with E-state index in [2.05, 4.69) is 42.2 Å². The van der Waals surface area contributed by atoms with E-state index in [9.17, 15) is 0 Å². The van der Waals surface area contributed by atoms with Crippen LogP contribution in [0.4, 0.5) is 11.5 Å². The van der Waals surface area contributed by atoms with E-state index < -0.39 is 0 Å². The van der Waals surface area contributed by atoms with Gasteiger partial charge < -0.3 is 10.2 Å². The van der Waals surface area contributed by atoms with Crippen molar-refractivity contribution in [2.75, 3.05) is 29.9 Å². The van der Waals surface area contributed by atoms with Crippen molar-refractivity contribution < 1.29 is 0 Å². The molecule has 0 amide bonds. The third-order valence-corrected chi connectivity index (χ3v) is 4.01. The standard InChI is InChI=1S/C15H17BrN4/c16-13-7-14(10-17-9-13)20-6-4-12(11-20)8-19-15-3-1-2-5-18-15/h1-3,5,7,9-10,12H,4,6,8,11H2,(H,18,19). The lowest BCUT2D eigenvalue weighted by atomic mass is 10.1. The molecule has 1 atom stereocenters. The van der Waals surface area contributed by atoms with Crippen molar-refractivity contribution in [1.82, 2.24) is 9.97 Å². The number of hydrogen-bond acceptors (Lipinski definition) is 4. The van der Waals surface area contributed by atoms with E-state index in [0.29, 0.717) is 5.92 Å². The quantitative estimate of drug-likeness (QED) is 0.933. The molecule has 1 N–H and O–H groups in total. The molecular formula is C15H17BrN4. The average molecular weight is 333 g/mol. The summed E-state index contributed by atoms with van der Waals surface area (Å²) in [7, 11) is 0. The van der Waals surface area contributed by atoms with Crippen LogP contribution in [0.3, 0.4) is 0 Å². The van der Waals surface area contributed by atoms with Crippen molar-refractivity contribution in [3.63, 3.8) is 0 Å².